The minimum absolute atomic E-state index is 0.393. The summed E-state index contributed by atoms with van der Waals surface area (Å²) in [5, 5.41) is 0. The number of ether oxygens (including phenoxy) is 1. The molecule has 2 aliphatic heterocycles. The van der Waals surface area contributed by atoms with E-state index in [0.717, 1.165) is 37.3 Å². The van der Waals surface area contributed by atoms with Crippen LogP contribution in [0, 0.1) is 5.92 Å². The Bertz CT molecular complexity index is 516. The second-order valence-corrected chi connectivity index (χ2v) is 6.86. The van der Waals surface area contributed by atoms with Gasteiger partial charge in [-0.2, -0.15) is 0 Å². The summed E-state index contributed by atoms with van der Waals surface area (Å²) in [6.45, 7) is 2.79. The fraction of sp³-hybridized carbons (Fsp3) is 0.667. The number of likely N-dealkylation sites (tertiary alicyclic amines) is 1. The summed E-state index contributed by atoms with van der Waals surface area (Å²) in [6.07, 6.45) is 8.04. The third-order valence-electron chi connectivity index (χ3n) is 5.77. The molecule has 3 atom stereocenters. The van der Waals surface area contributed by atoms with Gasteiger partial charge in [-0.3, -0.25) is 4.90 Å². The Kier molecular flexibility index (Phi) is 3.64. The summed E-state index contributed by atoms with van der Waals surface area (Å²) in [4.78, 5) is 2.71. The van der Waals surface area contributed by atoms with Crippen molar-refractivity contribution in [3.8, 4) is 5.75 Å². The van der Waals surface area contributed by atoms with Gasteiger partial charge in [0, 0.05) is 25.0 Å². The molecule has 3 nitrogen and oxygen atoms in total. The first-order valence-electron chi connectivity index (χ1n) is 8.58. The Labute approximate surface area is 127 Å². The minimum atomic E-state index is 0.393. The van der Waals surface area contributed by atoms with Crippen molar-refractivity contribution in [3.63, 3.8) is 0 Å². The molecule has 1 aliphatic carbocycles. The minimum Gasteiger partial charge on any atom is -0.493 e. The number of hydrogen-bond acceptors (Lipinski definition) is 3. The molecule has 1 saturated heterocycles. The van der Waals surface area contributed by atoms with E-state index < -0.39 is 0 Å². The molecule has 0 spiro atoms. The normalized spacial score (nSPS) is 29.8. The lowest BCUT2D eigenvalue weighted by Crippen LogP contribution is -2.40. The van der Waals surface area contributed by atoms with Crippen LogP contribution in [-0.4, -0.2) is 30.6 Å². The number of hydrogen-bond donors (Lipinski definition) is 1. The summed E-state index contributed by atoms with van der Waals surface area (Å²) in [6, 6.07) is 7.89. The molecule has 3 unspecified atom stereocenters. The third kappa shape index (κ3) is 2.36. The van der Waals surface area contributed by atoms with E-state index in [4.69, 9.17) is 10.5 Å². The first-order valence-corrected chi connectivity index (χ1v) is 8.58. The van der Waals surface area contributed by atoms with E-state index in [-0.39, 0.29) is 0 Å². The average molecular weight is 286 g/mol. The van der Waals surface area contributed by atoms with Crippen molar-refractivity contribution in [2.75, 3.05) is 19.7 Å². The van der Waals surface area contributed by atoms with Gasteiger partial charge in [0.25, 0.3) is 0 Å². The van der Waals surface area contributed by atoms with Gasteiger partial charge in [-0.15, -0.1) is 0 Å². The van der Waals surface area contributed by atoms with Crippen molar-refractivity contribution in [3.05, 3.63) is 29.3 Å². The molecule has 2 N–H and O–H groups in total. The largest absolute Gasteiger partial charge is 0.493 e. The Hall–Kier alpha value is -1.06. The lowest BCUT2D eigenvalue weighted by molar-refractivity contribution is 0.135. The van der Waals surface area contributed by atoms with E-state index >= 15 is 0 Å². The first-order chi connectivity index (χ1) is 10.4. The topological polar surface area (TPSA) is 38.5 Å². The van der Waals surface area contributed by atoms with E-state index in [1.165, 1.54) is 49.8 Å². The third-order valence-corrected chi connectivity index (χ3v) is 5.77. The van der Waals surface area contributed by atoms with Crippen molar-refractivity contribution < 1.29 is 4.74 Å². The van der Waals surface area contributed by atoms with Gasteiger partial charge in [0.2, 0.25) is 0 Å². The fourth-order valence-electron chi connectivity index (χ4n) is 4.71. The molecule has 0 aromatic heterocycles. The summed E-state index contributed by atoms with van der Waals surface area (Å²) in [5.41, 5.74) is 8.94. The highest BCUT2D eigenvalue weighted by Crippen LogP contribution is 2.41. The summed E-state index contributed by atoms with van der Waals surface area (Å²) >= 11 is 0. The van der Waals surface area contributed by atoms with Gasteiger partial charge in [0.15, 0.2) is 0 Å². The van der Waals surface area contributed by atoms with Crippen molar-refractivity contribution in [2.24, 2.45) is 11.7 Å². The van der Waals surface area contributed by atoms with Crippen LogP contribution in [0.5, 0.6) is 5.75 Å². The Balaban J connectivity index is 1.59. The Morgan fingerprint density at radius 1 is 1.24 bits per heavy atom. The van der Waals surface area contributed by atoms with E-state index in [0.29, 0.717) is 6.04 Å². The van der Waals surface area contributed by atoms with Gasteiger partial charge in [-0.25, -0.2) is 0 Å². The standard InChI is InChI=1S/C18H26N2O/c19-12-17(14-5-6-18-15(11-14)8-10-21-18)20-9-7-13-3-1-2-4-16(13)20/h5-6,11,13,16-17H,1-4,7-10,12,19H2. The van der Waals surface area contributed by atoms with E-state index in [1.54, 1.807) is 0 Å². The fourth-order valence-corrected chi connectivity index (χ4v) is 4.71. The highest BCUT2D eigenvalue weighted by molar-refractivity contribution is 5.41. The summed E-state index contributed by atoms with van der Waals surface area (Å²) < 4.78 is 5.63. The molecular weight excluding hydrogens is 260 g/mol. The van der Waals surface area contributed by atoms with E-state index in [9.17, 15) is 0 Å². The Morgan fingerprint density at radius 2 is 2.14 bits per heavy atom. The number of benzene rings is 1. The molecule has 1 saturated carbocycles. The van der Waals surface area contributed by atoms with Crippen LogP contribution in [0.2, 0.25) is 0 Å². The molecule has 4 rings (SSSR count). The van der Waals surface area contributed by atoms with E-state index in [2.05, 4.69) is 23.1 Å². The highest BCUT2D eigenvalue weighted by Gasteiger charge is 2.39. The van der Waals surface area contributed by atoms with Gasteiger partial charge >= 0.3 is 0 Å². The molecule has 3 heteroatoms. The van der Waals surface area contributed by atoms with Crippen molar-refractivity contribution in [1.82, 2.24) is 4.90 Å². The van der Waals surface area contributed by atoms with Gasteiger partial charge in [-0.05, 0) is 48.9 Å². The van der Waals surface area contributed by atoms with Crippen LogP contribution >= 0.6 is 0 Å². The van der Waals surface area contributed by atoms with Crippen LogP contribution in [0.3, 0.4) is 0 Å². The zero-order valence-corrected chi connectivity index (χ0v) is 12.8. The van der Waals surface area contributed by atoms with Crippen molar-refractivity contribution >= 4 is 0 Å². The molecule has 0 radical (unpaired) electrons. The molecule has 0 amide bonds. The molecule has 1 aromatic rings. The van der Waals surface area contributed by atoms with Gasteiger partial charge < -0.3 is 10.5 Å². The van der Waals surface area contributed by atoms with E-state index in [1.807, 2.05) is 0 Å². The number of rotatable bonds is 3. The monoisotopic (exact) mass is 286 g/mol. The highest BCUT2D eigenvalue weighted by atomic mass is 16.5. The smallest absolute Gasteiger partial charge is 0.122 e. The maximum Gasteiger partial charge on any atom is 0.122 e. The Morgan fingerprint density at radius 3 is 3.05 bits per heavy atom. The van der Waals surface area contributed by atoms with Crippen LogP contribution in [0.1, 0.15) is 49.3 Å². The molecular formula is C18H26N2O. The second-order valence-electron chi connectivity index (χ2n) is 6.86. The molecule has 0 bridgehead atoms. The van der Waals surface area contributed by atoms with Gasteiger partial charge in [-0.1, -0.05) is 25.0 Å². The van der Waals surface area contributed by atoms with Crippen LogP contribution in [-0.2, 0) is 6.42 Å². The van der Waals surface area contributed by atoms with Gasteiger partial charge in [0.05, 0.1) is 6.61 Å². The van der Waals surface area contributed by atoms with Crippen LogP contribution < -0.4 is 10.5 Å². The first kappa shape index (κ1) is 13.6. The molecule has 21 heavy (non-hydrogen) atoms. The zero-order chi connectivity index (χ0) is 14.2. The predicted octanol–water partition coefficient (Wildman–Crippen LogP) is 2.89. The average Bonchev–Trinajstić information content (AvgIpc) is 3.15. The SMILES string of the molecule is NCC(c1ccc2c(c1)CCO2)N1CCC2CCCCC21. The molecule has 2 heterocycles. The molecule has 114 valence electrons. The van der Waals surface area contributed by atoms with Crippen molar-refractivity contribution in [1.29, 1.82) is 0 Å². The molecule has 2 fully saturated rings. The lowest BCUT2D eigenvalue weighted by Gasteiger charge is -2.37. The lowest BCUT2D eigenvalue weighted by atomic mass is 9.84. The van der Waals surface area contributed by atoms with Gasteiger partial charge in [0.1, 0.15) is 5.75 Å². The van der Waals surface area contributed by atoms with Crippen LogP contribution in [0.25, 0.3) is 0 Å². The molecule has 3 aliphatic rings. The number of nitrogens with zero attached hydrogens (tertiary/aromatic N) is 1. The van der Waals surface area contributed by atoms with Crippen LogP contribution in [0.4, 0.5) is 0 Å². The number of nitrogens with two attached hydrogens (primary N) is 1. The second kappa shape index (κ2) is 5.62. The quantitative estimate of drug-likeness (QED) is 0.928. The zero-order valence-electron chi connectivity index (χ0n) is 12.8. The summed E-state index contributed by atoms with van der Waals surface area (Å²) in [5.74, 6) is 2.00. The maximum absolute atomic E-state index is 6.18. The van der Waals surface area contributed by atoms with Crippen molar-refractivity contribution in [2.45, 2.75) is 50.6 Å². The maximum atomic E-state index is 6.18. The molecule has 1 aromatic carbocycles. The summed E-state index contributed by atoms with van der Waals surface area (Å²) in [7, 11) is 0. The van der Waals surface area contributed by atoms with Crippen LogP contribution in [0.15, 0.2) is 18.2 Å². The number of fused-ring (bicyclic) bond motifs is 2. The predicted molar refractivity (Wildman–Crippen MR) is 84.5 cm³/mol.